The molecular formula is C19H27N3O2. The zero-order valence-electron chi connectivity index (χ0n) is 14.7. The molecule has 5 nitrogen and oxygen atoms in total. The standard InChI is InChI=1S/C19H27N3O2/c1-13-14(15-7-4-5-8-16(15)21-13)10-11-20-18(23)22-12-6-9-17(22)19(2,3)24/h4-5,7-8,17,21,24H,6,9-12H2,1-3H3,(H,20,23)/t17-/m0/s1. The first-order valence-corrected chi connectivity index (χ1v) is 8.71. The van der Waals surface area contributed by atoms with Crippen molar-refractivity contribution in [3.63, 3.8) is 0 Å². The Morgan fingerprint density at radius 1 is 1.42 bits per heavy atom. The molecule has 0 unspecified atom stereocenters. The van der Waals surface area contributed by atoms with Crippen LogP contribution in [0.1, 0.15) is 37.9 Å². The number of amides is 2. The lowest BCUT2D eigenvalue weighted by molar-refractivity contribution is 0.00986. The van der Waals surface area contributed by atoms with Gasteiger partial charge >= 0.3 is 6.03 Å². The number of H-pyrrole nitrogens is 1. The Labute approximate surface area is 143 Å². The Morgan fingerprint density at radius 3 is 2.92 bits per heavy atom. The summed E-state index contributed by atoms with van der Waals surface area (Å²) >= 11 is 0. The molecule has 2 aromatic rings. The van der Waals surface area contributed by atoms with Crippen LogP contribution in [0.3, 0.4) is 0 Å². The Balaban J connectivity index is 1.62. The number of hydrogen-bond donors (Lipinski definition) is 3. The normalized spacial score (nSPS) is 18.3. The number of rotatable bonds is 4. The summed E-state index contributed by atoms with van der Waals surface area (Å²) in [4.78, 5) is 17.6. The van der Waals surface area contributed by atoms with E-state index in [1.54, 1.807) is 18.7 Å². The zero-order chi connectivity index (χ0) is 17.3. The van der Waals surface area contributed by atoms with E-state index >= 15 is 0 Å². The fourth-order valence-corrected chi connectivity index (χ4v) is 3.80. The summed E-state index contributed by atoms with van der Waals surface area (Å²) in [6, 6.07) is 8.07. The first kappa shape index (κ1) is 16.8. The van der Waals surface area contributed by atoms with Crippen LogP contribution in [-0.4, -0.2) is 45.8 Å². The van der Waals surface area contributed by atoms with E-state index in [0.29, 0.717) is 13.1 Å². The molecule has 1 fully saturated rings. The maximum absolute atomic E-state index is 12.5. The van der Waals surface area contributed by atoms with Gasteiger partial charge in [0.1, 0.15) is 0 Å². The Hall–Kier alpha value is -2.01. The Morgan fingerprint density at radius 2 is 2.17 bits per heavy atom. The number of aromatic nitrogens is 1. The highest BCUT2D eigenvalue weighted by Crippen LogP contribution is 2.26. The molecule has 1 atom stereocenters. The van der Waals surface area contributed by atoms with E-state index in [2.05, 4.69) is 29.4 Å². The van der Waals surface area contributed by atoms with Crippen LogP contribution in [0.25, 0.3) is 10.9 Å². The highest BCUT2D eigenvalue weighted by molar-refractivity contribution is 5.84. The van der Waals surface area contributed by atoms with Crippen LogP contribution >= 0.6 is 0 Å². The van der Waals surface area contributed by atoms with Gasteiger partial charge in [-0.25, -0.2) is 4.79 Å². The number of nitrogens with one attached hydrogen (secondary N) is 2. The summed E-state index contributed by atoms with van der Waals surface area (Å²) in [7, 11) is 0. The molecule has 2 heterocycles. The highest BCUT2D eigenvalue weighted by Gasteiger charge is 2.38. The molecule has 0 spiro atoms. The number of carbonyl (C=O) groups is 1. The minimum absolute atomic E-state index is 0.0721. The number of para-hydroxylation sites is 1. The maximum Gasteiger partial charge on any atom is 0.317 e. The minimum atomic E-state index is -0.860. The van der Waals surface area contributed by atoms with Crippen molar-refractivity contribution < 1.29 is 9.90 Å². The van der Waals surface area contributed by atoms with Crippen LogP contribution in [-0.2, 0) is 6.42 Å². The number of aryl methyl sites for hydroxylation is 1. The molecule has 1 aromatic carbocycles. The van der Waals surface area contributed by atoms with Crippen molar-refractivity contribution in [2.75, 3.05) is 13.1 Å². The first-order chi connectivity index (χ1) is 11.4. The quantitative estimate of drug-likeness (QED) is 0.807. The first-order valence-electron chi connectivity index (χ1n) is 8.71. The number of likely N-dealkylation sites (tertiary alicyclic amines) is 1. The van der Waals surface area contributed by atoms with Gasteiger partial charge in [0.2, 0.25) is 0 Å². The molecule has 0 bridgehead atoms. The van der Waals surface area contributed by atoms with Gasteiger partial charge in [-0.15, -0.1) is 0 Å². The van der Waals surface area contributed by atoms with Crippen molar-refractivity contribution in [3.05, 3.63) is 35.5 Å². The molecule has 2 amide bonds. The number of aromatic amines is 1. The summed E-state index contributed by atoms with van der Waals surface area (Å²) in [6.45, 7) is 6.93. The van der Waals surface area contributed by atoms with E-state index in [-0.39, 0.29) is 12.1 Å². The topological polar surface area (TPSA) is 68.4 Å². The van der Waals surface area contributed by atoms with E-state index in [0.717, 1.165) is 30.5 Å². The van der Waals surface area contributed by atoms with Gasteiger partial charge in [-0.3, -0.25) is 0 Å². The summed E-state index contributed by atoms with van der Waals surface area (Å²) in [5.74, 6) is 0. The van der Waals surface area contributed by atoms with E-state index < -0.39 is 5.60 Å². The van der Waals surface area contributed by atoms with Crippen molar-refractivity contribution in [1.29, 1.82) is 0 Å². The fraction of sp³-hybridized carbons (Fsp3) is 0.526. The summed E-state index contributed by atoms with van der Waals surface area (Å²) in [5, 5.41) is 14.5. The average Bonchev–Trinajstić information content (AvgIpc) is 3.12. The third kappa shape index (κ3) is 3.26. The van der Waals surface area contributed by atoms with E-state index in [1.807, 2.05) is 12.1 Å². The van der Waals surface area contributed by atoms with E-state index in [4.69, 9.17) is 0 Å². The average molecular weight is 329 g/mol. The van der Waals surface area contributed by atoms with Crippen LogP contribution in [0.4, 0.5) is 4.79 Å². The molecule has 0 radical (unpaired) electrons. The molecule has 24 heavy (non-hydrogen) atoms. The van der Waals surface area contributed by atoms with Gasteiger partial charge in [-0.05, 0) is 51.7 Å². The van der Waals surface area contributed by atoms with Gasteiger partial charge in [0, 0.05) is 29.7 Å². The second kappa shape index (κ2) is 6.48. The lowest BCUT2D eigenvalue weighted by atomic mass is 9.97. The van der Waals surface area contributed by atoms with Gasteiger partial charge < -0.3 is 20.3 Å². The van der Waals surface area contributed by atoms with Crippen molar-refractivity contribution in [1.82, 2.24) is 15.2 Å². The van der Waals surface area contributed by atoms with Crippen LogP contribution in [0.15, 0.2) is 24.3 Å². The van der Waals surface area contributed by atoms with Gasteiger partial charge in [-0.2, -0.15) is 0 Å². The summed E-state index contributed by atoms with van der Waals surface area (Å²) < 4.78 is 0. The molecule has 3 N–H and O–H groups in total. The molecule has 130 valence electrons. The highest BCUT2D eigenvalue weighted by atomic mass is 16.3. The SMILES string of the molecule is Cc1[nH]c2ccccc2c1CCNC(=O)N1CCC[C@H]1C(C)(C)O. The number of nitrogens with zero attached hydrogens (tertiary/aromatic N) is 1. The smallest absolute Gasteiger partial charge is 0.317 e. The zero-order valence-corrected chi connectivity index (χ0v) is 14.7. The molecule has 1 aliphatic rings. The third-order valence-corrected chi connectivity index (χ3v) is 5.01. The van der Waals surface area contributed by atoms with Crippen molar-refractivity contribution in [2.45, 2.75) is 51.7 Å². The molecule has 1 aliphatic heterocycles. The third-order valence-electron chi connectivity index (χ3n) is 5.01. The number of benzene rings is 1. The van der Waals surface area contributed by atoms with E-state index in [1.165, 1.54) is 10.9 Å². The molecule has 3 rings (SSSR count). The van der Waals surface area contributed by atoms with Gasteiger partial charge in [0.25, 0.3) is 0 Å². The largest absolute Gasteiger partial charge is 0.388 e. The van der Waals surface area contributed by atoms with Crippen molar-refractivity contribution >= 4 is 16.9 Å². The number of aliphatic hydroxyl groups is 1. The summed E-state index contributed by atoms with van der Waals surface area (Å²) in [6.07, 6.45) is 2.60. The fourth-order valence-electron chi connectivity index (χ4n) is 3.80. The number of urea groups is 1. The number of fused-ring (bicyclic) bond motifs is 1. The van der Waals surface area contributed by atoms with Gasteiger partial charge in [-0.1, -0.05) is 18.2 Å². The van der Waals surface area contributed by atoms with Crippen molar-refractivity contribution in [3.8, 4) is 0 Å². The van der Waals surface area contributed by atoms with Crippen LogP contribution in [0.5, 0.6) is 0 Å². The molecule has 5 heteroatoms. The summed E-state index contributed by atoms with van der Waals surface area (Å²) in [5.41, 5.74) is 2.69. The predicted molar refractivity (Wildman–Crippen MR) is 96.2 cm³/mol. The molecule has 0 aliphatic carbocycles. The van der Waals surface area contributed by atoms with Crippen molar-refractivity contribution in [2.24, 2.45) is 0 Å². The Bertz CT molecular complexity index is 730. The van der Waals surface area contributed by atoms with Crippen LogP contribution in [0, 0.1) is 6.92 Å². The lowest BCUT2D eigenvalue weighted by Gasteiger charge is -2.33. The number of hydrogen-bond acceptors (Lipinski definition) is 2. The van der Waals surface area contributed by atoms with Gasteiger partial charge in [0.05, 0.1) is 11.6 Å². The van der Waals surface area contributed by atoms with E-state index in [9.17, 15) is 9.90 Å². The number of carbonyl (C=O) groups excluding carboxylic acids is 1. The second-order valence-electron chi connectivity index (χ2n) is 7.26. The molecular weight excluding hydrogens is 302 g/mol. The van der Waals surface area contributed by atoms with Crippen LogP contribution < -0.4 is 5.32 Å². The lowest BCUT2D eigenvalue weighted by Crippen LogP contribution is -2.51. The monoisotopic (exact) mass is 329 g/mol. The molecule has 1 aromatic heterocycles. The predicted octanol–water partition coefficient (Wildman–Crippen LogP) is 2.96. The minimum Gasteiger partial charge on any atom is -0.388 e. The second-order valence-corrected chi connectivity index (χ2v) is 7.26. The Kier molecular flexibility index (Phi) is 4.54. The van der Waals surface area contributed by atoms with Gasteiger partial charge in [0.15, 0.2) is 0 Å². The molecule has 0 saturated carbocycles. The van der Waals surface area contributed by atoms with Crippen LogP contribution in [0.2, 0.25) is 0 Å². The molecule has 1 saturated heterocycles. The maximum atomic E-state index is 12.5.